The van der Waals surface area contributed by atoms with Gasteiger partial charge in [0.25, 0.3) is 0 Å². The summed E-state index contributed by atoms with van der Waals surface area (Å²) < 4.78 is 5.10. The number of carboxylic acid groups (broad SMARTS) is 1. The van der Waals surface area contributed by atoms with Crippen molar-refractivity contribution >= 4 is 11.8 Å². The van der Waals surface area contributed by atoms with E-state index in [4.69, 9.17) is 9.84 Å². The van der Waals surface area contributed by atoms with Gasteiger partial charge in [0.15, 0.2) is 5.78 Å². The second kappa shape index (κ2) is 6.53. The molecule has 0 atom stereocenters. The average molecular weight is 215 g/mol. The second-order valence-corrected chi connectivity index (χ2v) is 3.71. The van der Waals surface area contributed by atoms with E-state index in [0.29, 0.717) is 6.61 Å². The van der Waals surface area contributed by atoms with E-state index in [0.717, 1.165) is 19.6 Å². The molecule has 1 heterocycles. The maximum atomic E-state index is 10.9. The van der Waals surface area contributed by atoms with Crippen molar-refractivity contribution in [3.05, 3.63) is 0 Å². The van der Waals surface area contributed by atoms with Gasteiger partial charge < -0.3 is 14.7 Å². The fourth-order valence-corrected chi connectivity index (χ4v) is 1.61. The molecule has 0 aromatic rings. The highest BCUT2D eigenvalue weighted by atomic mass is 16.5. The number of ether oxygens (including phenoxy) is 1. The monoisotopic (exact) mass is 215 g/mol. The number of carbonyl (C=O) groups excluding carboxylic acids is 1. The van der Waals surface area contributed by atoms with Crippen LogP contribution in [-0.4, -0.2) is 54.6 Å². The van der Waals surface area contributed by atoms with Crippen molar-refractivity contribution in [2.75, 3.05) is 32.8 Å². The Hall–Kier alpha value is -0.940. The number of ketones is 1. The maximum absolute atomic E-state index is 10.9. The van der Waals surface area contributed by atoms with E-state index in [1.54, 1.807) is 0 Å². The molecule has 1 aliphatic heterocycles. The first kappa shape index (κ1) is 12.1. The van der Waals surface area contributed by atoms with Crippen LogP contribution < -0.4 is 0 Å². The van der Waals surface area contributed by atoms with Crippen LogP contribution in [0.3, 0.4) is 0 Å². The SMILES string of the molecule is O=C(O)CC(=O)COCCN1CCCC1. The first-order chi connectivity index (χ1) is 7.18. The predicted octanol–water partition coefficient (Wildman–Crippen LogP) is 0.143. The lowest BCUT2D eigenvalue weighted by Crippen LogP contribution is -2.25. The summed E-state index contributed by atoms with van der Waals surface area (Å²) in [5, 5.41) is 8.33. The van der Waals surface area contributed by atoms with Crippen LogP contribution in [0, 0.1) is 0 Å². The lowest BCUT2D eigenvalue weighted by Gasteiger charge is -2.13. The van der Waals surface area contributed by atoms with Crippen LogP contribution in [0.5, 0.6) is 0 Å². The summed E-state index contributed by atoms with van der Waals surface area (Å²) >= 11 is 0. The highest BCUT2D eigenvalue weighted by molar-refractivity contribution is 5.95. The molecule has 1 aliphatic rings. The van der Waals surface area contributed by atoms with Gasteiger partial charge in [-0.15, -0.1) is 0 Å². The van der Waals surface area contributed by atoms with Crippen LogP contribution in [0.1, 0.15) is 19.3 Å². The van der Waals surface area contributed by atoms with Crippen LogP contribution in [-0.2, 0) is 14.3 Å². The van der Waals surface area contributed by atoms with Crippen LogP contribution in [0.2, 0.25) is 0 Å². The minimum Gasteiger partial charge on any atom is -0.481 e. The Morgan fingerprint density at radius 3 is 2.53 bits per heavy atom. The van der Waals surface area contributed by atoms with Gasteiger partial charge in [0.2, 0.25) is 0 Å². The van der Waals surface area contributed by atoms with Crippen LogP contribution >= 0.6 is 0 Å². The maximum Gasteiger partial charge on any atom is 0.310 e. The third kappa shape index (κ3) is 5.49. The van der Waals surface area contributed by atoms with Gasteiger partial charge in [0.1, 0.15) is 13.0 Å². The summed E-state index contributed by atoms with van der Waals surface area (Å²) in [5.41, 5.74) is 0. The fourth-order valence-electron chi connectivity index (χ4n) is 1.61. The smallest absolute Gasteiger partial charge is 0.310 e. The first-order valence-corrected chi connectivity index (χ1v) is 5.22. The van der Waals surface area contributed by atoms with Gasteiger partial charge in [-0.05, 0) is 25.9 Å². The average Bonchev–Trinajstić information content (AvgIpc) is 2.63. The molecule has 0 saturated carbocycles. The van der Waals surface area contributed by atoms with Gasteiger partial charge in [-0.2, -0.15) is 0 Å². The number of carboxylic acids is 1. The van der Waals surface area contributed by atoms with Crippen LogP contribution in [0.25, 0.3) is 0 Å². The number of hydrogen-bond acceptors (Lipinski definition) is 4. The van der Waals surface area contributed by atoms with Gasteiger partial charge in [0, 0.05) is 6.54 Å². The summed E-state index contributed by atoms with van der Waals surface area (Å²) in [5.74, 6) is -1.47. The second-order valence-electron chi connectivity index (χ2n) is 3.71. The van der Waals surface area contributed by atoms with E-state index < -0.39 is 12.4 Å². The molecular weight excluding hydrogens is 198 g/mol. The molecule has 5 nitrogen and oxygen atoms in total. The molecule has 0 bridgehead atoms. The van der Waals surface area contributed by atoms with Gasteiger partial charge in [-0.3, -0.25) is 9.59 Å². The van der Waals surface area contributed by atoms with Crippen molar-refractivity contribution in [1.82, 2.24) is 4.90 Å². The minimum absolute atomic E-state index is 0.0832. The number of rotatable bonds is 7. The Kier molecular flexibility index (Phi) is 5.28. The highest BCUT2D eigenvalue weighted by Crippen LogP contribution is 2.05. The molecule has 15 heavy (non-hydrogen) atoms. The standard InChI is InChI=1S/C10H17NO4/c12-9(7-10(13)14)8-15-6-5-11-3-1-2-4-11/h1-8H2,(H,13,14). The molecular formula is C10H17NO4. The van der Waals surface area contributed by atoms with Crippen molar-refractivity contribution in [1.29, 1.82) is 0 Å². The molecule has 1 rings (SSSR count). The number of aliphatic carboxylic acids is 1. The molecule has 0 amide bonds. The van der Waals surface area contributed by atoms with Gasteiger partial charge in [-0.1, -0.05) is 0 Å². The summed E-state index contributed by atoms with van der Waals surface area (Å²) in [6, 6.07) is 0. The van der Waals surface area contributed by atoms with E-state index >= 15 is 0 Å². The molecule has 0 aromatic carbocycles. The van der Waals surface area contributed by atoms with Crippen molar-refractivity contribution in [3.63, 3.8) is 0 Å². The number of likely N-dealkylation sites (tertiary alicyclic amines) is 1. The third-order valence-corrected chi connectivity index (χ3v) is 2.36. The Morgan fingerprint density at radius 1 is 1.27 bits per heavy atom. The van der Waals surface area contributed by atoms with E-state index in [-0.39, 0.29) is 12.4 Å². The Balaban J connectivity index is 1.96. The number of hydrogen-bond donors (Lipinski definition) is 1. The number of carbonyl (C=O) groups is 2. The van der Waals surface area contributed by atoms with E-state index in [1.165, 1.54) is 12.8 Å². The summed E-state index contributed by atoms with van der Waals surface area (Å²) in [6.07, 6.45) is 2.03. The van der Waals surface area contributed by atoms with E-state index in [9.17, 15) is 9.59 Å². The zero-order chi connectivity index (χ0) is 11.1. The lowest BCUT2D eigenvalue weighted by atomic mass is 10.3. The van der Waals surface area contributed by atoms with Crippen molar-refractivity contribution in [2.24, 2.45) is 0 Å². The molecule has 0 spiro atoms. The third-order valence-electron chi connectivity index (χ3n) is 2.36. The summed E-state index contributed by atoms with van der Waals surface area (Å²) in [4.78, 5) is 23.4. The molecule has 0 radical (unpaired) electrons. The first-order valence-electron chi connectivity index (χ1n) is 5.22. The van der Waals surface area contributed by atoms with Crippen molar-refractivity contribution in [2.45, 2.75) is 19.3 Å². The van der Waals surface area contributed by atoms with Gasteiger partial charge in [-0.25, -0.2) is 0 Å². The molecule has 5 heteroatoms. The normalized spacial score (nSPS) is 16.8. The van der Waals surface area contributed by atoms with E-state index in [1.807, 2.05) is 0 Å². The molecule has 0 unspecified atom stereocenters. The Labute approximate surface area is 89.0 Å². The molecule has 86 valence electrons. The Morgan fingerprint density at radius 2 is 1.93 bits per heavy atom. The molecule has 0 aromatic heterocycles. The zero-order valence-electron chi connectivity index (χ0n) is 8.78. The van der Waals surface area contributed by atoms with Crippen molar-refractivity contribution in [3.8, 4) is 0 Å². The van der Waals surface area contributed by atoms with Crippen LogP contribution in [0.4, 0.5) is 0 Å². The van der Waals surface area contributed by atoms with E-state index in [2.05, 4.69) is 4.90 Å². The number of Topliss-reactive ketones (excluding diaryl/α,β-unsaturated/α-hetero) is 1. The van der Waals surface area contributed by atoms with Gasteiger partial charge >= 0.3 is 5.97 Å². The molecule has 0 aliphatic carbocycles. The molecule has 1 N–H and O–H groups in total. The van der Waals surface area contributed by atoms with Gasteiger partial charge in [0.05, 0.1) is 6.61 Å². The largest absolute Gasteiger partial charge is 0.481 e. The lowest BCUT2D eigenvalue weighted by molar-refractivity contribution is -0.141. The summed E-state index contributed by atoms with van der Waals surface area (Å²) in [6.45, 7) is 3.46. The number of nitrogens with zero attached hydrogens (tertiary/aromatic N) is 1. The summed E-state index contributed by atoms with van der Waals surface area (Å²) in [7, 11) is 0. The highest BCUT2D eigenvalue weighted by Gasteiger charge is 2.11. The quantitative estimate of drug-likeness (QED) is 0.483. The van der Waals surface area contributed by atoms with Crippen LogP contribution in [0.15, 0.2) is 0 Å². The molecule has 1 fully saturated rings. The minimum atomic E-state index is -1.09. The topological polar surface area (TPSA) is 66.8 Å². The Bertz CT molecular complexity index is 223. The zero-order valence-corrected chi connectivity index (χ0v) is 8.78. The predicted molar refractivity (Wildman–Crippen MR) is 53.8 cm³/mol. The fraction of sp³-hybridized carbons (Fsp3) is 0.800. The molecule has 1 saturated heterocycles. The van der Waals surface area contributed by atoms with Crippen molar-refractivity contribution < 1.29 is 19.4 Å².